The molecule has 0 spiro atoms. The third-order valence-corrected chi connectivity index (χ3v) is 11.0. The predicted molar refractivity (Wildman–Crippen MR) is 196 cm³/mol. The van der Waals surface area contributed by atoms with Gasteiger partial charge in [-0.3, -0.25) is 9.59 Å². The van der Waals surface area contributed by atoms with Gasteiger partial charge in [0, 0.05) is 12.8 Å². The molecule has 0 bridgehead atoms. The van der Waals surface area contributed by atoms with Crippen LogP contribution in [-0.4, -0.2) is 26.6 Å². The molecule has 0 aliphatic heterocycles. The summed E-state index contributed by atoms with van der Waals surface area (Å²) in [5, 5.41) is 11.2. The number of hydrogen-bond donors (Lipinski definition) is 0. The minimum atomic E-state index is -2.53. The molecule has 0 heterocycles. The molecule has 45 heavy (non-hydrogen) atoms. The van der Waals surface area contributed by atoms with Crippen molar-refractivity contribution in [3.63, 3.8) is 0 Å². The lowest BCUT2D eigenvalue weighted by atomic mass is 10.1. The highest BCUT2D eigenvalue weighted by atomic mass is 32.2. The average molecular weight is 664 g/mol. The van der Waals surface area contributed by atoms with Crippen LogP contribution in [-0.2, 0) is 18.4 Å². The predicted octanol–water partition coefficient (Wildman–Crippen LogP) is 12.1. The summed E-state index contributed by atoms with van der Waals surface area (Å²) >= 11 is 1.00. The van der Waals surface area contributed by atoms with Gasteiger partial charge in [0.2, 0.25) is 0 Å². The molecule has 5 nitrogen and oxygen atoms in total. The third kappa shape index (κ3) is 35.2. The van der Waals surface area contributed by atoms with E-state index < -0.39 is 9.28 Å². The number of carbonyl (C=O) groups excluding carboxylic acids is 2. The van der Waals surface area contributed by atoms with Crippen molar-refractivity contribution in [3.05, 3.63) is 24.3 Å². The van der Waals surface area contributed by atoms with E-state index in [-0.39, 0.29) is 17.3 Å². The Morgan fingerprint density at radius 1 is 0.533 bits per heavy atom. The lowest BCUT2D eigenvalue weighted by molar-refractivity contribution is -0.140. The Labute approximate surface area is 284 Å². The van der Waals surface area contributed by atoms with E-state index in [1.807, 2.05) is 5.40 Å². The highest BCUT2D eigenvalue weighted by Gasteiger charge is 2.23. The molecular weight excluding hydrogens is 595 g/mol. The fourth-order valence-electron chi connectivity index (χ4n) is 5.29. The van der Waals surface area contributed by atoms with E-state index >= 15 is 0 Å². The number of nitriles is 1. The molecular formula is C38H69NO4SSi. The van der Waals surface area contributed by atoms with Crippen LogP contribution in [0.4, 0.5) is 0 Å². The van der Waals surface area contributed by atoms with Crippen LogP contribution in [0, 0.1) is 10.7 Å². The van der Waals surface area contributed by atoms with Crippen molar-refractivity contribution in [2.75, 3.05) is 5.38 Å². The van der Waals surface area contributed by atoms with Gasteiger partial charge in [-0.2, -0.15) is 5.26 Å². The standard InChI is InChI=1S/C38H69NO4SSi/c1-3-5-7-9-11-13-15-17-19-21-23-25-27-29-31-33-37(40)42-45(36-44-35-39)43-38(41)34-32-30-28-26-24-22-20-18-16-14-12-10-8-6-4-2/h17-20,45H,3-16,21-34,36H2,1-2H3/b19-17-,20-18-. The van der Waals surface area contributed by atoms with Gasteiger partial charge < -0.3 is 8.85 Å². The van der Waals surface area contributed by atoms with Crippen LogP contribution in [0.1, 0.15) is 194 Å². The summed E-state index contributed by atoms with van der Waals surface area (Å²) in [7, 11) is -2.53. The van der Waals surface area contributed by atoms with E-state index in [4.69, 9.17) is 14.1 Å². The van der Waals surface area contributed by atoms with Gasteiger partial charge in [0.1, 0.15) is 5.40 Å². The summed E-state index contributed by atoms with van der Waals surface area (Å²) < 4.78 is 11.1. The summed E-state index contributed by atoms with van der Waals surface area (Å²) in [4.78, 5) is 24.7. The number of thiocyanates is 1. The Kier molecular flexibility index (Phi) is 35.7. The van der Waals surface area contributed by atoms with Crippen molar-refractivity contribution in [1.29, 1.82) is 5.26 Å². The van der Waals surface area contributed by atoms with Crippen LogP contribution < -0.4 is 0 Å². The van der Waals surface area contributed by atoms with Crippen LogP contribution in [0.25, 0.3) is 0 Å². The summed E-state index contributed by atoms with van der Waals surface area (Å²) in [6.45, 7) is 4.52. The molecule has 260 valence electrons. The average Bonchev–Trinajstić information content (AvgIpc) is 3.03. The maximum absolute atomic E-state index is 12.4. The Morgan fingerprint density at radius 3 is 1.18 bits per heavy atom. The summed E-state index contributed by atoms with van der Waals surface area (Å²) in [5.41, 5.74) is 0. The first-order valence-electron chi connectivity index (χ1n) is 18.8. The van der Waals surface area contributed by atoms with Crippen LogP contribution >= 0.6 is 11.8 Å². The van der Waals surface area contributed by atoms with Crippen molar-refractivity contribution >= 4 is 33.0 Å². The molecule has 0 rings (SSSR count). The zero-order valence-corrected chi connectivity index (χ0v) is 31.4. The van der Waals surface area contributed by atoms with Crippen LogP contribution in [0.3, 0.4) is 0 Å². The summed E-state index contributed by atoms with van der Waals surface area (Å²) in [6, 6.07) is 0. The van der Waals surface area contributed by atoms with E-state index in [9.17, 15) is 9.59 Å². The molecule has 0 saturated heterocycles. The number of carbonyl (C=O) groups is 2. The van der Waals surface area contributed by atoms with Crippen LogP contribution in [0.2, 0.25) is 0 Å². The van der Waals surface area contributed by atoms with Crippen molar-refractivity contribution < 1.29 is 18.4 Å². The second-order valence-corrected chi connectivity index (χ2v) is 15.6. The Balaban J connectivity index is 3.80. The SMILES string of the molecule is CCCCCCCC/C=C\CCCCCCCC(=O)O[SiH](CSC#N)OC(=O)CCCCCCC/C=C\CCCCCCCC. The molecule has 0 atom stereocenters. The molecule has 0 unspecified atom stereocenters. The zero-order chi connectivity index (χ0) is 32.9. The Hall–Kier alpha value is -1.52. The van der Waals surface area contributed by atoms with Crippen molar-refractivity contribution in [3.8, 4) is 5.40 Å². The van der Waals surface area contributed by atoms with E-state index in [0.717, 1.165) is 63.1 Å². The van der Waals surface area contributed by atoms with Gasteiger partial charge in [0.05, 0.1) is 5.38 Å². The maximum Gasteiger partial charge on any atom is 0.459 e. The quantitative estimate of drug-likeness (QED) is 0.0295. The molecule has 0 aromatic rings. The molecule has 0 aromatic heterocycles. The van der Waals surface area contributed by atoms with Gasteiger partial charge in [-0.05, 0) is 76.0 Å². The van der Waals surface area contributed by atoms with E-state index in [1.54, 1.807) is 0 Å². The first-order chi connectivity index (χ1) is 22.1. The molecule has 0 radical (unpaired) electrons. The normalized spacial score (nSPS) is 11.5. The fraction of sp³-hybridized carbons (Fsp3) is 0.816. The monoisotopic (exact) mass is 663 g/mol. The van der Waals surface area contributed by atoms with Gasteiger partial charge in [-0.15, -0.1) is 0 Å². The number of rotatable bonds is 34. The van der Waals surface area contributed by atoms with E-state index in [2.05, 4.69) is 38.2 Å². The number of thioether (sulfide) groups is 1. The van der Waals surface area contributed by atoms with E-state index in [0.29, 0.717) is 12.8 Å². The fourth-order valence-corrected chi connectivity index (χ4v) is 7.55. The second-order valence-electron chi connectivity index (χ2n) is 12.5. The first-order valence-corrected chi connectivity index (χ1v) is 21.6. The molecule has 0 amide bonds. The lowest BCUT2D eigenvalue weighted by Crippen LogP contribution is -2.32. The van der Waals surface area contributed by atoms with Crippen LogP contribution in [0.15, 0.2) is 24.3 Å². The number of nitrogens with zero attached hydrogens (tertiary/aromatic N) is 1. The van der Waals surface area contributed by atoms with Gasteiger partial charge in [-0.25, -0.2) is 0 Å². The first kappa shape index (κ1) is 43.5. The molecule has 0 N–H and O–H groups in total. The van der Waals surface area contributed by atoms with Crippen molar-refractivity contribution in [2.45, 2.75) is 194 Å². The third-order valence-electron chi connectivity index (χ3n) is 8.10. The highest BCUT2D eigenvalue weighted by Crippen LogP contribution is 2.13. The van der Waals surface area contributed by atoms with Gasteiger partial charge in [0.25, 0.3) is 11.9 Å². The Morgan fingerprint density at radius 2 is 0.844 bits per heavy atom. The summed E-state index contributed by atoms with van der Waals surface area (Å²) in [6.07, 6.45) is 41.5. The molecule has 0 aliphatic carbocycles. The molecule has 0 aliphatic rings. The lowest BCUT2D eigenvalue weighted by Gasteiger charge is -2.15. The largest absolute Gasteiger partial charge is 0.487 e. The number of hydrogen-bond acceptors (Lipinski definition) is 6. The number of allylic oxidation sites excluding steroid dienone is 4. The summed E-state index contributed by atoms with van der Waals surface area (Å²) in [5.74, 6) is -0.590. The van der Waals surface area contributed by atoms with Crippen LogP contribution in [0.5, 0.6) is 0 Å². The minimum absolute atomic E-state index is 0.284. The molecule has 0 aromatic carbocycles. The molecule has 7 heteroatoms. The van der Waals surface area contributed by atoms with Gasteiger partial charge in [-0.1, -0.05) is 141 Å². The molecule has 0 saturated carbocycles. The Bertz CT molecular complexity index is 713. The van der Waals surface area contributed by atoms with E-state index in [1.165, 1.54) is 116 Å². The molecule has 0 fully saturated rings. The second kappa shape index (κ2) is 36.9. The van der Waals surface area contributed by atoms with Gasteiger partial charge in [0.15, 0.2) is 0 Å². The smallest absolute Gasteiger partial charge is 0.459 e. The topological polar surface area (TPSA) is 76.4 Å². The maximum atomic E-state index is 12.4. The zero-order valence-electron chi connectivity index (χ0n) is 29.4. The number of unbranched alkanes of at least 4 members (excludes halogenated alkanes) is 22. The van der Waals surface area contributed by atoms with Crippen molar-refractivity contribution in [2.24, 2.45) is 0 Å². The highest BCUT2D eigenvalue weighted by molar-refractivity contribution is 8.04. The van der Waals surface area contributed by atoms with Crippen molar-refractivity contribution in [1.82, 2.24) is 0 Å². The van der Waals surface area contributed by atoms with Gasteiger partial charge >= 0.3 is 9.28 Å². The minimum Gasteiger partial charge on any atom is -0.487 e.